The molecule has 0 aliphatic carbocycles. The van der Waals surface area contributed by atoms with Gasteiger partial charge in [0.05, 0.1) is 18.4 Å². The first-order valence-electron chi connectivity index (χ1n) is 8.19. The van der Waals surface area contributed by atoms with E-state index in [0.717, 1.165) is 11.3 Å². The minimum absolute atomic E-state index is 0.318. The number of carbonyl (C=O) groups excluding carboxylic acids is 2. The number of hydrogen-bond acceptors (Lipinski definition) is 6. The van der Waals surface area contributed by atoms with E-state index in [0.29, 0.717) is 16.4 Å². The molecule has 0 aliphatic rings. The zero-order valence-electron chi connectivity index (χ0n) is 14.9. The Morgan fingerprint density at radius 1 is 1.15 bits per heavy atom. The SMILES string of the molecule is COc1cccc(C(=O)OCC(=O)Nc2nc(-c3ccc(C)cc3)cs2)c1. The van der Waals surface area contributed by atoms with Gasteiger partial charge in [-0.1, -0.05) is 35.9 Å². The minimum Gasteiger partial charge on any atom is -0.497 e. The van der Waals surface area contributed by atoms with Crippen LogP contribution in [0.4, 0.5) is 5.13 Å². The van der Waals surface area contributed by atoms with Gasteiger partial charge >= 0.3 is 5.97 Å². The van der Waals surface area contributed by atoms with E-state index in [2.05, 4.69) is 10.3 Å². The van der Waals surface area contributed by atoms with Crippen molar-refractivity contribution in [2.45, 2.75) is 6.92 Å². The van der Waals surface area contributed by atoms with Crippen LogP contribution in [0.2, 0.25) is 0 Å². The van der Waals surface area contributed by atoms with Crippen molar-refractivity contribution in [3.8, 4) is 17.0 Å². The van der Waals surface area contributed by atoms with Crippen LogP contribution in [-0.2, 0) is 9.53 Å². The number of aromatic nitrogens is 1. The fraction of sp³-hybridized carbons (Fsp3) is 0.150. The van der Waals surface area contributed by atoms with Crippen LogP contribution in [0.3, 0.4) is 0 Å². The van der Waals surface area contributed by atoms with Crippen molar-refractivity contribution < 1.29 is 19.1 Å². The Bertz CT molecular complexity index is 951. The number of benzene rings is 2. The first kappa shape index (κ1) is 18.6. The van der Waals surface area contributed by atoms with E-state index >= 15 is 0 Å². The summed E-state index contributed by atoms with van der Waals surface area (Å²) in [7, 11) is 1.51. The van der Waals surface area contributed by atoms with Crippen LogP contribution >= 0.6 is 11.3 Å². The third-order valence-electron chi connectivity index (χ3n) is 3.74. The maximum Gasteiger partial charge on any atom is 0.338 e. The van der Waals surface area contributed by atoms with Gasteiger partial charge in [-0.3, -0.25) is 10.1 Å². The second kappa shape index (κ2) is 8.46. The van der Waals surface area contributed by atoms with Gasteiger partial charge in [0.2, 0.25) is 0 Å². The lowest BCUT2D eigenvalue weighted by Crippen LogP contribution is -2.20. The van der Waals surface area contributed by atoms with E-state index in [1.54, 1.807) is 24.3 Å². The molecule has 0 saturated carbocycles. The predicted octanol–water partition coefficient (Wildman–Crippen LogP) is 3.92. The van der Waals surface area contributed by atoms with Gasteiger partial charge in [-0.25, -0.2) is 9.78 Å². The molecule has 6 nitrogen and oxygen atoms in total. The molecule has 7 heteroatoms. The summed E-state index contributed by atoms with van der Waals surface area (Å²) in [6.45, 7) is 1.62. The van der Waals surface area contributed by atoms with Gasteiger partial charge in [-0.05, 0) is 25.1 Å². The largest absolute Gasteiger partial charge is 0.497 e. The lowest BCUT2D eigenvalue weighted by molar-refractivity contribution is -0.119. The first-order valence-corrected chi connectivity index (χ1v) is 9.07. The number of esters is 1. The Kier molecular flexibility index (Phi) is 5.83. The fourth-order valence-corrected chi connectivity index (χ4v) is 3.04. The highest BCUT2D eigenvalue weighted by atomic mass is 32.1. The molecule has 0 radical (unpaired) electrons. The van der Waals surface area contributed by atoms with Gasteiger partial charge < -0.3 is 9.47 Å². The molecule has 1 amide bonds. The maximum absolute atomic E-state index is 12.0. The predicted molar refractivity (Wildman–Crippen MR) is 104 cm³/mol. The number of nitrogens with one attached hydrogen (secondary N) is 1. The Morgan fingerprint density at radius 3 is 2.67 bits per heavy atom. The van der Waals surface area contributed by atoms with E-state index in [4.69, 9.17) is 9.47 Å². The van der Waals surface area contributed by atoms with Crippen molar-refractivity contribution in [1.82, 2.24) is 4.98 Å². The van der Waals surface area contributed by atoms with E-state index in [9.17, 15) is 9.59 Å². The van der Waals surface area contributed by atoms with Crippen LogP contribution in [0.15, 0.2) is 53.9 Å². The average molecular weight is 382 g/mol. The van der Waals surface area contributed by atoms with Gasteiger partial charge in [0.15, 0.2) is 11.7 Å². The molecule has 0 saturated heterocycles. The van der Waals surface area contributed by atoms with Crippen molar-refractivity contribution in [1.29, 1.82) is 0 Å². The number of hydrogen-bond donors (Lipinski definition) is 1. The lowest BCUT2D eigenvalue weighted by Gasteiger charge is -2.06. The van der Waals surface area contributed by atoms with Crippen molar-refractivity contribution in [2.24, 2.45) is 0 Å². The Hall–Kier alpha value is -3.19. The van der Waals surface area contributed by atoms with E-state index < -0.39 is 18.5 Å². The number of nitrogens with zero attached hydrogens (tertiary/aromatic N) is 1. The Morgan fingerprint density at radius 2 is 1.93 bits per heavy atom. The molecular formula is C20H18N2O4S. The van der Waals surface area contributed by atoms with Gasteiger partial charge in [-0.2, -0.15) is 0 Å². The number of ether oxygens (including phenoxy) is 2. The summed E-state index contributed by atoms with van der Waals surface area (Å²) in [4.78, 5) is 28.4. The van der Waals surface area contributed by atoms with E-state index in [1.807, 2.05) is 36.6 Å². The molecule has 0 bridgehead atoms. The van der Waals surface area contributed by atoms with Crippen LogP contribution in [0.5, 0.6) is 5.75 Å². The van der Waals surface area contributed by atoms with Crippen LogP contribution in [0.1, 0.15) is 15.9 Å². The first-order chi connectivity index (χ1) is 13.0. The van der Waals surface area contributed by atoms with Crippen molar-refractivity contribution >= 4 is 28.3 Å². The molecule has 0 aliphatic heterocycles. The summed E-state index contributed by atoms with van der Waals surface area (Å²) in [5.74, 6) is -0.500. The summed E-state index contributed by atoms with van der Waals surface area (Å²) in [5.41, 5.74) is 3.24. The average Bonchev–Trinajstić information content (AvgIpc) is 3.15. The van der Waals surface area contributed by atoms with E-state index in [-0.39, 0.29) is 0 Å². The van der Waals surface area contributed by atoms with Crippen molar-refractivity contribution in [3.63, 3.8) is 0 Å². The Balaban J connectivity index is 1.55. The number of carbonyl (C=O) groups is 2. The monoisotopic (exact) mass is 382 g/mol. The summed E-state index contributed by atoms with van der Waals surface area (Å²) in [6, 6.07) is 14.5. The summed E-state index contributed by atoms with van der Waals surface area (Å²) in [5, 5.41) is 4.95. The lowest BCUT2D eigenvalue weighted by atomic mass is 10.1. The quantitative estimate of drug-likeness (QED) is 0.654. The number of thiazole rings is 1. The topological polar surface area (TPSA) is 77.5 Å². The third kappa shape index (κ3) is 4.92. The highest BCUT2D eigenvalue weighted by molar-refractivity contribution is 7.14. The number of aryl methyl sites for hydroxylation is 1. The molecule has 1 N–H and O–H groups in total. The standard InChI is InChI=1S/C20H18N2O4S/c1-13-6-8-14(9-7-13)17-12-27-20(21-17)22-18(23)11-26-19(24)15-4-3-5-16(10-15)25-2/h3-10,12H,11H2,1-2H3,(H,21,22,23). The van der Waals surface area contributed by atoms with Crippen LogP contribution in [0.25, 0.3) is 11.3 Å². The molecule has 0 atom stereocenters. The molecule has 138 valence electrons. The number of methoxy groups -OCH3 is 1. The molecule has 0 unspecified atom stereocenters. The molecule has 0 spiro atoms. The molecule has 27 heavy (non-hydrogen) atoms. The third-order valence-corrected chi connectivity index (χ3v) is 4.50. The van der Waals surface area contributed by atoms with Gasteiger partial charge in [-0.15, -0.1) is 11.3 Å². The van der Waals surface area contributed by atoms with Gasteiger partial charge in [0.25, 0.3) is 5.91 Å². The Labute approximate surface area is 160 Å². The van der Waals surface area contributed by atoms with Crippen molar-refractivity contribution in [2.75, 3.05) is 19.0 Å². The van der Waals surface area contributed by atoms with Gasteiger partial charge in [0.1, 0.15) is 5.75 Å². The molecule has 1 aromatic heterocycles. The van der Waals surface area contributed by atoms with E-state index in [1.165, 1.54) is 24.0 Å². The summed E-state index contributed by atoms with van der Waals surface area (Å²) < 4.78 is 10.1. The maximum atomic E-state index is 12.0. The fourth-order valence-electron chi connectivity index (χ4n) is 2.31. The van der Waals surface area contributed by atoms with Crippen LogP contribution in [0, 0.1) is 6.92 Å². The second-order valence-corrected chi connectivity index (χ2v) is 6.62. The second-order valence-electron chi connectivity index (χ2n) is 5.76. The molecule has 3 rings (SSSR count). The highest BCUT2D eigenvalue weighted by Crippen LogP contribution is 2.25. The smallest absolute Gasteiger partial charge is 0.338 e. The highest BCUT2D eigenvalue weighted by Gasteiger charge is 2.13. The van der Waals surface area contributed by atoms with Crippen molar-refractivity contribution in [3.05, 3.63) is 65.0 Å². The summed E-state index contributed by atoms with van der Waals surface area (Å²) >= 11 is 1.31. The minimum atomic E-state index is -0.594. The number of anilines is 1. The molecule has 3 aromatic rings. The molecule has 2 aromatic carbocycles. The molecular weight excluding hydrogens is 364 g/mol. The zero-order chi connectivity index (χ0) is 19.2. The summed E-state index contributed by atoms with van der Waals surface area (Å²) in [6.07, 6.45) is 0. The normalized spacial score (nSPS) is 10.3. The van der Waals surface area contributed by atoms with Crippen LogP contribution < -0.4 is 10.1 Å². The van der Waals surface area contributed by atoms with Gasteiger partial charge in [0, 0.05) is 10.9 Å². The number of amides is 1. The molecule has 1 heterocycles. The van der Waals surface area contributed by atoms with Crippen LogP contribution in [-0.4, -0.2) is 30.6 Å². The molecule has 0 fully saturated rings. The number of rotatable bonds is 6. The zero-order valence-corrected chi connectivity index (χ0v) is 15.7.